The number of allylic oxidation sites excluding steroid dienone is 1. The Labute approximate surface area is 65.7 Å². The number of aliphatic hydroxyl groups is 1. The monoisotopic (exact) mass is 156 g/mol. The van der Waals surface area contributed by atoms with Crippen molar-refractivity contribution in [1.29, 1.82) is 0 Å². The van der Waals surface area contributed by atoms with Crippen LogP contribution in [0.3, 0.4) is 0 Å². The first kappa shape index (κ1) is 8.27. The Morgan fingerprint density at radius 3 is 3.00 bits per heavy atom. The SMILES string of the molecule is O=C1OCC/C1=C\CCCO. The predicted molar refractivity (Wildman–Crippen MR) is 40.0 cm³/mol. The largest absolute Gasteiger partial charge is 0.462 e. The molecule has 0 unspecified atom stereocenters. The van der Waals surface area contributed by atoms with Crippen LogP contribution in [-0.2, 0) is 9.53 Å². The topological polar surface area (TPSA) is 46.5 Å². The van der Waals surface area contributed by atoms with Crippen LogP contribution in [-0.4, -0.2) is 24.3 Å². The van der Waals surface area contributed by atoms with E-state index in [0.29, 0.717) is 6.61 Å². The Morgan fingerprint density at radius 1 is 1.64 bits per heavy atom. The molecule has 0 aromatic carbocycles. The number of esters is 1. The van der Waals surface area contributed by atoms with E-state index in [-0.39, 0.29) is 12.6 Å². The van der Waals surface area contributed by atoms with Crippen LogP contribution in [0.5, 0.6) is 0 Å². The molecule has 3 nitrogen and oxygen atoms in total. The molecule has 0 atom stereocenters. The zero-order chi connectivity index (χ0) is 8.10. The maximum atomic E-state index is 10.8. The van der Waals surface area contributed by atoms with Gasteiger partial charge in [-0.15, -0.1) is 0 Å². The van der Waals surface area contributed by atoms with E-state index in [0.717, 1.165) is 24.8 Å². The molecule has 1 N–H and O–H groups in total. The van der Waals surface area contributed by atoms with E-state index < -0.39 is 0 Å². The Hall–Kier alpha value is -0.830. The maximum Gasteiger partial charge on any atom is 0.333 e. The summed E-state index contributed by atoms with van der Waals surface area (Å²) in [6, 6.07) is 0. The van der Waals surface area contributed by atoms with Gasteiger partial charge >= 0.3 is 5.97 Å². The summed E-state index contributed by atoms with van der Waals surface area (Å²) in [7, 11) is 0. The number of cyclic esters (lactones) is 1. The van der Waals surface area contributed by atoms with E-state index in [4.69, 9.17) is 9.84 Å². The smallest absolute Gasteiger partial charge is 0.333 e. The standard InChI is InChI=1S/C8H12O3/c9-5-2-1-3-7-4-6-11-8(7)10/h3,9H,1-2,4-6H2/b7-3+. The molecule has 0 bridgehead atoms. The van der Waals surface area contributed by atoms with Crippen LogP contribution in [0.2, 0.25) is 0 Å². The van der Waals surface area contributed by atoms with Crippen molar-refractivity contribution in [3.05, 3.63) is 11.6 Å². The van der Waals surface area contributed by atoms with Gasteiger partial charge in [0.25, 0.3) is 0 Å². The number of rotatable bonds is 3. The Bertz CT molecular complexity index is 172. The second kappa shape index (κ2) is 4.13. The maximum absolute atomic E-state index is 10.8. The minimum atomic E-state index is -0.192. The van der Waals surface area contributed by atoms with Gasteiger partial charge in [0.2, 0.25) is 0 Å². The third kappa shape index (κ3) is 2.35. The second-order valence-corrected chi connectivity index (χ2v) is 2.48. The van der Waals surface area contributed by atoms with Crippen LogP contribution in [0.1, 0.15) is 19.3 Å². The highest BCUT2D eigenvalue weighted by Crippen LogP contribution is 2.13. The molecule has 0 radical (unpaired) electrons. The fraction of sp³-hybridized carbons (Fsp3) is 0.625. The van der Waals surface area contributed by atoms with Gasteiger partial charge in [0.05, 0.1) is 6.61 Å². The third-order valence-corrected chi connectivity index (χ3v) is 1.62. The van der Waals surface area contributed by atoms with E-state index in [1.165, 1.54) is 0 Å². The number of ether oxygens (including phenoxy) is 1. The van der Waals surface area contributed by atoms with Crippen molar-refractivity contribution in [2.45, 2.75) is 19.3 Å². The van der Waals surface area contributed by atoms with Crippen LogP contribution in [0.4, 0.5) is 0 Å². The number of hydrogen-bond donors (Lipinski definition) is 1. The van der Waals surface area contributed by atoms with Gasteiger partial charge in [-0.25, -0.2) is 4.79 Å². The molecule has 0 aromatic heterocycles. The van der Waals surface area contributed by atoms with Gasteiger partial charge in [0, 0.05) is 18.6 Å². The van der Waals surface area contributed by atoms with E-state index in [2.05, 4.69) is 0 Å². The van der Waals surface area contributed by atoms with Crippen molar-refractivity contribution in [3.8, 4) is 0 Å². The fourth-order valence-electron chi connectivity index (χ4n) is 1.00. The van der Waals surface area contributed by atoms with Gasteiger partial charge in [-0.2, -0.15) is 0 Å². The minimum absolute atomic E-state index is 0.179. The quantitative estimate of drug-likeness (QED) is 0.370. The summed E-state index contributed by atoms with van der Waals surface area (Å²) in [5, 5.41) is 8.46. The lowest BCUT2D eigenvalue weighted by Crippen LogP contribution is -1.94. The van der Waals surface area contributed by atoms with Gasteiger partial charge in [-0.05, 0) is 12.8 Å². The predicted octanol–water partition coefficient (Wildman–Crippen LogP) is 0.632. The Kier molecular flexibility index (Phi) is 3.11. The lowest BCUT2D eigenvalue weighted by atomic mass is 10.2. The van der Waals surface area contributed by atoms with Crippen molar-refractivity contribution in [3.63, 3.8) is 0 Å². The Morgan fingerprint density at radius 2 is 2.45 bits per heavy atom. The molecule has 0 spiro atoms. The number of aliphatic hydroxyl groups excluding tert-OH is 1. The molecule has 0 aromatic rings. The first-order chi connectivity index (χ1) is 5.34. The molecule has 62 valence electrons. The van der Waals surface area contributed by atoms with Crippen molar-refractivity contribution in [2.24, 2.45) is 0 Å². The van der Waals surface area contributed by atoms with E-state index in [1.54, 1.807) is 0 Å². The summed E-state index contributed by atoms with van der Waals surface area (Å²) >= 11 is 0. The van der Waals surface area contributed by atoms with Crippen molar-refractivity contribution in [2.75, 3.05) is 13.2 Å². The summed E-state index contributed by atoms with van der Waals surface area (Å²) in [6.45, 7) is 0.697. The van der Waals surface area contributed by atoms with Crippen LogP contribution in [0, 0.1) is 0 Å². The average Bonchev–Trinajstić information content (AvgIpc) is 2.37. The Balaban J connectivity index is 2.33. The van der Waals surface area contributed by atoms with Crippen molar-refractivity contribution in [1.82, 2.24) is 0 Å². The number of carbonyl (C=O) groups is 1. The van der Waals surface area contributed by atoms with Gasteiger partial charge in [-0.3, -0.25) is 0 Å². The highest BCUT2D eigenvalue weighted by Gasteiger charge is 2.17. The normalized spacial score (nSPS) is 20.8. The summed E-state index contributed by atoms with van der Waals surface area (Å²) < 4.78 is 4.73. The lowest BCUT2D eigenvalue weighted by molar-refractivity contribution is -0.135. The van der Waals surface area contributed by atoms with Crippen LogP contribution >= 0.6 is 0 Å². The van der Waals surface area contributed by atoms with Gasteiger partial charge in [0.15, 0.2) is 0 Å². The summed E-state index contributed by atoms with van der Waals surface area (Å²) in [5.74, 6) is -0.192. The third-order valence-electron chi connectivity index (χ3n) is 1.62. The first-order valence-corrected chi connectivity index (χ1v) is 3.81. The molecule has 1 saturated heterocycles. The highest BCUT2D eigenvalue weighted by atomic mass is 16.5. The summed E-state index contributed by atoms with van der Waals surface area (Å²) in [4.78, 5) is 10.8. The summed E-state index contributed by atoms with van der Waals surface area (Å²) in [6.07, 6.45) is 4.06. The van der Waals surface area contributed by atoms with Crippen molar-refractivity contribution < 1.29 is 14.6 Å². The minimum Gasteiger partial charge on any atom is -0.462 e. The number of carbonyl (C=O) groups excluding carboxylic acids is 1. The molecule has 1 fully saturated rings. The van der Waals surface area contributed by atoms with Crippen molar-refractivity contribution >= 4 is 5.97 Å². The first-order valence-electron chi connectivity index (χ1n) is 3.81. The van der Waals surface area contributed by atoms with Gasteiger partial charge in [0.1, 0.15) is 0 Å². The molecular formula is C8H12O3. The van der Waals surface area contributed by atoms with E-state index in [9.17, 15) is 4.79 Å². The van der Waals surface area contributed by atoms with Crippen LogP contribution in [0.15, 0.2) is 11.6 Å². The highest BCUT2D eigenvalue weighted by molar-refractivity contribution is 5.90. The molecule has 1 aliphatic heterocycles. The molecule has 1 rings (SSSR count). The number of unbranched alkanes of at least 4 members (excludes halogenated alkanes) is 1. The average molecular weight is 156 g/mol. The van der Waals surface area contributed by atoms with Gasteiger partial charge in [-0.1, -0.05) is 6.08 Å². The van der Waals surface area contributed by atoms with E-state index >= 15 is 0 Å². The molecular weight excluding hydrogens is 144 g/mol. The molecule has 1 aliphatic rings. The fourth-order valence-corrected chi connectivity index (χ4v) is 1.00. The molecule has 0 saturated carbocycles. The van der Waals surface area contributed by atoms with E-state index in [1.807, 2.05) is 6.08 Å². The van der Waals surface area contributed by atoms with Crippen LogP contribution < -0.4 is 0 Å². The molecule has 3 heteroatoms. The zero-order valence-electron chi connectivity index (χ0n) is 6.38. The number of hydrogen-bond acceptors (Lipinski definition) is 3. The molecule has 0 aliphatic carbocycles. The molecule has 1 heterocycles. The van der Waals surface area contributed by atoms with Gasteiger partial charge < -0.3 is 9.84 Å². The summed E-state index contributed by atoms with van der Waals surface area (Å²) in [5.41, 5.74) is 0.762. The molecule has 0 amide bonds. The lowest BCUT2D eigenvalue weighted by Gasteiger charge is -1.91. The molecule has 11 heavy (non-hydrogen) atoms. The zero-order valence-corrected chi connectivity index (χ0v) is 6.38. The van der Waals surface area contributed by atoms with Crippen LogP contribution in [0.25, 0.3) is 0 Å². The second-order valence-electron chi connectivity index (χ2n) is 2.48.